The molecule has 0 aliphatic carbocycles. The molecule has 3 aromatic rings. The van der Waals surface area contributed by atoms with Crippen LogP contribution in [-0.2, 0) is 21.2 Å². The van der Waals surface area contributed by atoms with Gasteiger partial charge in [-0.15, -0.1) is 0 Å². The van der Waals surface area contributed by atoms with Crippen molar-refractivity contribution in [2.24, 2.45) is 0 Å². The Balaban J connectivity index is 1.64. The first-order chi connectivity index (χ1) is 12.8. The number of hydrogen-bond acceptors (Lipinski definition) is 6. The van der Waals surface area contributed by atoms with Crippen molar-refractivity contribution in [3.63, 3.8) is 0 Å². The van der Waals surface area contributed by atoms with E-state index in [0.717, 1.165) is 0 Å². The van der Waals surface area contributed by atoms with Crippen molar-refractivity contribution in [2.75, 3.05) is 0 Å². The van der Waals surface area contributed by atoms with Crippen LogP contribution in [0.1, 0.15) is 23.6 Å². The van der Waals surface area contributed by atoms with Crippen molar-refractivity contribution < 1.29 is 26.5 Å². The van der Waals surface area contributed by atoms with Crippen molar-refractivity contribution >= 4 is 15.9 Å². The van der Waals surface area contributed by atoms with Gasteiger partial charge in [-0.25, -0.2) is 17.5 Å². The highest BCUT2D eigenvalue weighted by Gasteiger charge is 2.26. The second-order valence-electron chi connectivity index (χ2n) is 5.93. The molecule has 0 radical (unpaired) electrons. The zero-order valence-electron chi connectivity index (χ0n) is 14.7. The van der Waals surface area contributed by atoms with E-state index in [9.17, 15) is 17.6 Å². The Hall–Kier alpha value is -2.94. The summed E-state index contributed by atoms with van der Waals surface area (Å²) in [6.45, 7) is 2.93. The summed E-state index contributed by atoms with van der Waals surface area (Å²) in [5.74, 6) is -0.223. The summed E-state index contributed by atoms with van der Waals surface area (Å²) in [5, 5.41) is 3.57. The van der Waals surface area contributed by atoms with Crippen molar-refractivity contribution in [3.05, 3.63) is 59.4 Å². The van der Waals surface area contributed by atoms with Crippen LogP contribution in [0.15, 0.2) is 50.2 Å². The number of aryl methyl sites for hydroxylation is 3. The SMILES string of the molecule is Cc1noc(C)c1S(=O)(=O)NC(=O)CCc1ccc(-c2ccccc2F)o1. The number of carbonyl (C=O) groups excluding carboxylic acids is 1. The number of benzene rings is 1. The fourth-order valence-electron chi connectivity index (χ4n) is 2.66. The third kappa shape index (κ3) is 4.08. The van der Waals surface area contributed by atoms with Gasteiger partial charge >= 0.3 is 0 Å². The van der Waals surface area contributed by atoms with Crippen molar-refractivity contribution in [2.45, 2.75) is 31.6 Å². The molecule has 0 saturated carbocycles. The summed E-state index contributed by atoms with van der Waals surface area (Å²) in [7, 11) is -4.06. The summed E-state index contributed by atoms with van der Waals surface area (Å²) in [6.07, 6.45) is 0.0459. The number of amides is 1. The zero-order chi connectivity index (χ0) is 19.6. The van der Waals surface area contributed by atoms with E-state index >= 15 is 0 Å². The van der Waals surface area contributed by atoms with Crippen LogP contribution in [0.2, 0.25) is 0 Å². The summed E-state index contributed by atoms with van der Waals surface area (Å²) < 4.78 is 50.7. The molecule has 0 spiro atoms. The molecule has 0 aliphatic rings. The molecular weight excluding hydrogens is 375 g/mol. The number of hydrogen-bond donors (Lipinski definition) is 1. The minimum absolute atomic E-state index is 0.105. The average Bonchev–Trinajstić information content (AvgIpc) is 3.20. The molecule has 1 N–H and O–H groups in total. The Bertz CT molecular complexity index is 1070. The Labute approximate surface area is 155 Å². The van der Waals surface area contributed by atoms with Crippen LogP contribution in [0.4, 0.5) is 4.39 Å². The van der Waals surface area contributed by atoms with Crippen LogP contribution in [-0.4, -0.2) is 19.5 Å². The summed E-state index contributed by atoms with van der Waals surface area (Å²) in [4.78, 5) is 11.9. The first-order valence-electron chi connectivity index (χ1n) is 8.10. The van der Waals surface area contributed by atoms with Gasteiger partial charge in [0.15, 0.2) is 10.7 Å². The van der Waals surface area contributed by atoms with E-state index < -0.39 is 21.7 Å². The molecule has 0 atom stereocenters. The maximum absolute atomic E-state index is 13.8. The lowest BCUT2D eigenvalue weighted by molar-refractivity contribution is -0.119. The van der Waals surface area contributed by atoms with Crippen molar-refractivity contribution in [3.8, 4) is 11.3 Å². The monoisotopic (exact) mass is 392 g/mol. The molecule has 0 fully saturated rings. The van der Waals surface area contributed by atoms with Gasteiger partial charge in [0.2, 0.25) is 5.91 Å². The minimum Gasteiger partial charge on any atom is -0.461 e. The van der Waals surface area contributed by atoms with E-state index in [4.69, 9.17) is 8.94 Å². The number of nitrogens with one attached hydrogen (secondary N) is 1. The molecule has 0 unspecified atom stereocenters. The predicted molar refractivity (Wildman–Crippen MR) is 93.7 cm³/mol. The summed E-state index contributed by atoms with van der Waals surface area (Å²) in [5.41, 5.74) is 0.488. The maximum Gasteiger partial charge on any atom is 0.269 e. The molecular formula is C18H17FN2O5S. The van der Waals surface area contributed by atoms with Crippen LogP contribution in [0.3, 0.4) is 0 Å². The van der Waals surface area contributed by atoms with E-state index in [0.29, 0.717) is 17.1 Å². The van der Waals surface area contributed by atoms with Gasteiger partial charge in [0.25, 0.3) is 10.0 Å². The van der Waals surface area contributed by atoms with Crippen molar-refractivity contribution in [1.29, 1.82) is 0 Å². The highest BCUT2D eigenvalue weighted by atomic mass is 32.2. The van der Waals surface area contributed by atoms with Crippen molar-refractivity contribution in [1.82, 2.24) is 9.88 Å². The molecule has 142 valence electrons. The molecule has 27 heavy (non-hydrogen) atoms. The van der Waals surface area contributed by atoms with E-state index in [1.54, 1.807) is 30.3 Å². The lowest BCUT2D eigenvalue weighted by Gasteiger charge is -2.05. The molecule has 1 aromatic carbocycles. The second kappa shape index (κ2) is 7.36. The Morgan fingerprint density at radius 1 is 1.19 bits per heavy atom. The van der Waals surface area contributed by atoms with Gasteiger partial charge in [-0.2, -0.15) is 0 Å². The van der Waals surface area contributed by atoms with E-state index in [2.05, 4.69) is 5.16 Å². The lowest BCUT2D eigenvalue weighted by Crippen LogP contribution is -2.31. The smallest absolute Gasteiger partial charge is 0.269 e. The zero-order valence-corrected chi connectivity index (χ0v) is 15.5. The van der Waals surface area contributed by atoms with Gasteiger partial charge in [0, 0.05) is 12.8 Å². The van der Waals surface area contributed by atoms with Crippen LogP contribution >= 0.6 is 0 Å². The fraction of sp³-hybridized carbons (Fsp3) is 0.222. The number of aromatic nitrogens is 1. The van der Waals surface area contributed by atoms with Gasteiger partial charge in [-0.05, 0) is 38.1 Å². The molecule has 3 rings (SSSR count). The number of furan rings is 1. The normalized spacial score (nSPS) is 11.5. The number of rotatable bonds is 6. The second-order valence-corrected chi connectivity index (χ2v) is 7.55. The fourth-order valence-corrected chi connectivity index (χ4v) is 4.01. The number of sulfonamides is 1. The topological polar surface area (TPSA) is 102 Å². The first kappa shape index (κ1) is 18.8. The molecule has 0 bridgehead atoms. The van der Waals surface area contributed by atoms with E-state index in [-0.39, 0.29) is 29.2 Å². The lowest BCUT2D eigenvalue weighted by atomic mass is 10.1. The Morgan fingerprint density at radius 2 is 1.93 bits per heavy atom. The minimum atomic E-state index is -4.06. The van der Waals surface area contributed by atoms with Gasteiger partial charge < -0.3 is 8.94 Å². The first-order valence-corrected chi connectivity index (χ1v) is 9.58. The number of nitrogens with zero attached hydrogens (tertiary/aromatic N) is 1. The van der Waals surface area contributed by atoms with Crippen LogP contribution in [0, 0.1) is 19.7 Å². The molecule has 1 amide bonds. The largest absolute Gasteiger partial charge is 0.461 e. The Morgan fingerprint density at radius 3 is 2.59 bits per heavy atom. The average molecular weight is 392 g/mol. The molecule has 2 heterocycles. The third-order valence-electron chi connectivity index (χ3n) is 3.88. The van der Waals surface area contributed by atoms with Gasteiger partial charge in [0.05, 0.1) is 5.56 Å². The summed E-state index contributed by atoms with van der Waals surface area (Å²) in [6, 6.07) is 9.40. The van der Waals surface area contributed by atoms with Gasteiger partial charge in [0.1, 0.15) is 23.0 Å². The number of carbonyl (C=O) groups is 1. The van der Waals surface area contributed by atoms with E-state index in [1.165, 1.54) is 19.9 Å². The van der Waals surface area contributed by atoms with Crippen LogP contribution < -0.4 is 4.72 Å². The third-order valence-corrected chi connectivity index (χ3v) is 5.50. The molecule has 2 aromatic heterocycles. The molecule has 9 heteroatoms. The Kier molecular flexibility index (Phi) is 5.13. The highest BCUT2D eigenvalue weighted by Crippen LogP contribution is 2.25. The predicted octanol–water partition coefficient (Wildman–Crippen LogP) is 3.13. The highest BCUT2D eigenvalue weighted by molar-refractivity contribution is 7.90. The summed E-state index contributed by atoms with van der Waals surface area (Å²) >= 11 is 0. The van der Waals surface area contributed by atoms with Crippen LogP contribution in [0.5, 0.6) is 0 Å². The number of halogens is 1. The van der Waals surface area contributed by atoms with Gasteiger partial charge in [-0.1, -0.05) is 17.3 Å². The molecule has 7 nitrogen and oxygen atoms in total. The standard InChI is InChI=1S/C18H17FN2O5S/c1-11-18(12(2)26-20-11)27(23,24)21-17(22)10-8-13-7-9-16(25-13)14-5-3-4-6-15(14)19/h3-7,9H,8,10H2,1-2H3,(H,21,22). The van der Waals surface area contributed by atoms with Gasteiger partial charge in [-0.3, -0.25) is 4.79 Å². The quantitative estimate of drug-likeness (QED) is 0.691. The van der Waals surface area contributed by atoms with Crippen LogP contribution in [0.25, 0.3) is 11.3 Å². The molecule has 0 aliphatic heterocycles. The van der Waals surface area contributed by atoms with E-state index in [1.807, 2.05) is 4.72 Å². The maximum atomic E-state index is 13.8. The molecule has 0 saturated heterocycles.